The minimum atomic E-state index is -0.357. The van der Waals surface area contributed by atoms with Crippen molar-refractivity contribution in [2.75, 3.05) is 32.7 Å². The fourth-order valence-corrected chi connectivity index (χ4v) is 2.93. The van der Waals surface area contributed by atoms with Crippen molar-refractivity contribution in [1.29, 1.82) is 0 Å². The molecule has 16 heavy (non-hydrogen) atoms. The van der Waals surface area contributed by atoms with Gasteiger partial charge in [0.15, 0.2) is 0 Å². The molecule has 0 saturated carbocycles. The lowest BCUT2D eigenvalue weighted by molar-refractivity contribution is -0.0275. The molecule has 2 rings (SSSR count). The lowest BCUT2D eigenvalue weighted by Crippen LogP contribution is -2.46. The molecule has 0 aromatic heterocycles. The van der Waals surface area contributed by atoms with E-state index in [1.54, 1.807) is 0 Å². The number of nitrogens with one attached hydrogen (secondary N) is 1. The summed E-state index contributed by atoms with van der Waals surface area (Å²) in [5, 5.41) is 13.6. The number of hydrogen-bond donors (Lipinski definition) is 2. The molecule has 0 radical (unpaired) electrons. The van der Waals surface area contributed by atoms with Crippen LogP contribution in [0.25, 0.3) is 0 Å². The van der Waals surface area contributed by atoms with Gasteiger partial charge in [-0.05, 0) is 51.1 Å². The predicted octanol–water partition coefficient (Wildman–Crippen LogP) is 1.22. The van der Waals surface area contributed by atoms with Crippen LogP contribution in [0.2, 0.25) is 0 Å². The van der Waals surface area contributed by atoms with E-state index in [0.29, 0.717) is 0 Å². The Labute approximate surface area is 99.2 Å². The number of rotatable bonds is 3. The highest BCUT2D eigenvalue weighted by molar-refractivity contribution is 4.85. The lowest BCUT2D eigenvalue weighted by atomic mass is 9.88. The van der Waals surface area contributed by atoms with Gasteiger partial charge in [0.25, 0.3) is 0 Å². The van der Waals surface area contributed by atoms with E-state index in [2.05, 4.69) is 17.1 Å². The summed E-state index contributed by atoms with van der Waals surface area (Å²) in [6.07, 6.45) is 5.50. The van der Waals surface area contributed by atoms with E-state index in [-0.39, 0.29) is 5.60 Å². The normalized spacial score (nSPS) is 28.1. The summed E-state index contributed by atoms with van der Waals surface area (Å²) in [4.78, 5) is 2.56. The summed E-state index contributed by atoms with van der Waals surface area (Å²) in [7, 11) is 0. The molecule has 94 valence electrons. The van der Waals surface area contributed by atoms with Crippen molar-refractivity contribution in [2.24, 2.45) is 5.92 Å². The minimum Gasteiger partial charge on any atom is -0.390 e. The van der Waals surface area contributed by atoms with Gasteiger partial charge in [-0.25, -0.2) is 0 Å². The van der Waals surface area contributed by atoms with Gasteiger partial charge in [0, 0.05) is 19.6 Å². The van der Waals surface area contributed by atoms with E-state index >= 15 is 0 Å². The van der Waals surface area contributed by atoms with Gasteiger partial charge in [-0.1, -0.05) is 6.92 Å². The van der Waals surface area contributed by atoms with Crippen molar-refractivity contribution < 1.29 is 5.11 Å². The molecule has 2 heterocycles. The van der Waals surface area contributed by atoms with Gasteiger partial charge in [-0.3, -0.25) is 0 Å². The number of piperidine rings is 2. The van der Waals surface area contributed by atoms with Gasteiger partial charge < -0.3 is 15.3 Å². The van der Waals surface area contributed by atoms with Crippen molar-refractivity contribution in [3.63, 3.8) is 0 Å². The zero-order valence-corrected chi connectivity index (χ0v) is 10.5. The SMILES string of the molecule is CCC1(O)CCN(CC2CCNCC2)CC1. The smallest absolute Gasteiger partial charge is 0.0669 e. The van der Waals surface area contributed by atoms with Crippen LogP contribution in [0.5, 0.6) is 0 Å². The van der Waals surface area contributed by atoms with Crippen molar-refractivity contribution in [3.05, 3.63) is 0 Å². The van der Waals surface area contributed by atoms with E-state index < -0.39 is 0 Å². The molecular weight excluding hydrogens is 200 g/mol. The Morgan fingerprint density at radius 3 is 2.44 bits per heavy atom. The second-order valence-electron chi connectivity index (χ2n) is 5.57. The first-order valence-corrected chi connectivity index (χ1v) is 6.87. The Morgan fingerprint density at radius 1 is 1.25 bits per heavy atom. The molecular formula is C13H26N2O. The maximum Gasteiger partial charge on any atom is 0.0669 e. The third-order valence-electron chi connectivity index (χ3n) is 4.42. The van der Waals surface area contributed by atoms with E-state index in [1.165, 1.54) is 32.5 Å². The van der Waals surface area contributed by atoms with Crippen molar-refractivity contribution >= 4 is 0 Å². The fourth-order valence-electron chi connectivity index (χ4n) is 2.93. The van der Waals surface area contributed by atoms with Crippen LogP contribution >= 0.6 is 0 Å². The number of hydrogen-bond acceptors (Lipinski definition) is 3. The van der Waals surface area contributed by atoms with Crippen LogP contribution in [0.3, 0.4) is 0 Å². The topological polar surface area (TPSA) is 35.5 Å². The number of nitrogens with zero attached hydrogens (tertiary/aromatic N) is 1. The highest BCUT2D eigenvalue weighted by Gasteiger charge is 2.31. The molecule has 2 saturated heterocycles. The summed E-state index contributed by atoms with van der Waals surface area (Å²) in [6.45, 7) is 7.92. The second kappa shape index (κ2) is 5.48. The third-order valence-corrected chi connectivity index (χ3v) is 4.42. The summed E-state index contributed by atoms with van der Waals surface area (Å²) in [5.41, 5.74) is -0.357. The first-order chi connectivity index (χ1) is 7.72. The van der Waals surface area contributed by atoms with Crippen LogP contribution in [-0.4, -0.2) is 48.3 Å². The average molecular weight is 226 g/mol. The molecule has 2 aliphatic rings. The quantitative estimate of drug-likeness (QED) is 0.759. The molecule has 0 bridgehead atoms. The Bertz CT molecular complexity index is 206. The van der Waals surface area contributed by atoms with Crippen molar-refractivity contribution in [1.82, 2.24) is 10.2 Å². The molecule has 0 aromatic rings. The Morgan fingerprint density at radius 2 is 1.88 bits per heavy atom. The monoisotopic (exact) mass is 226 g/mol. The van der Waals surface area contributed by atoms with Gasteiger partial charge in [0.1, 0.15) is 0 Å². The highest BCUT2D eigenvalue weighted by atomic mass is 16.3. The molecule has 3 heteroatoms. The minimum absolute atomic E-state index is 0.357. The second-order valence-corrected chi connectivity index (χ2v) is 5.57. The lowest BCUT2D eigenvalue weighted by Gasteiger charge is -2.39. The largest absolute Gasteiger partial charge is 0.390 e. The van der Waals surface area contributed by atoms with E-state index in [9.17, 15) is 5.11 Å². The first-order valence-electron chi connectivity index (χ1n) is 6.87. The Hall–Kier alpha value is -0.120. The molecule has 0 atom stereocenters. The Kier molecular flexibility index (Phi) is 4.22. The van der Waals surface area contributed by atoms with Crippen molar-refractivity contribution in [3.8, 4) is 0 Å². The van der Waals surface area contributed by atoms with E-state index in [4.69, 9.17) is 0 Å². The number of aliphatic hydroxyl groups is 1. The van der Waals surface area contributed by atoms with Crippen LogP contribution in [0.1, 0.15) is 39.0 Å². The van der Waals surface area contributed by atoms with Crippen LogP contribution < -0.4 is 5.32 Å². The van der Waals surface area contributed by atoms with Gasteiger partial charge >= 0.3 is 0 Å². The third kappa shape index (κ3) is 3.19. The molecule has 0 aliphatic carbocycles. The maximum atomic E-state index is 10.2. The summed E-state index contributed by atoms with van der Waals surface area (Å²) < 4.78 is 0. The first kappa shape index (κ1) is 12.3. The average Bonchev–Trinajstić information content (AvgIpc) is 2.34. The Balaban J connectivity index is 1.72. The fraction of sp³-hybridized carbons (Fsp3) is 1.00. The van der Waals surface area contributed by atoms with E-state index in [0.717, 1.165) is 38.3 Å². The van der Waals surface area contributed by atoms with Crippen LogP contribution in [0.4, 0.5) is 0 Å². The summed E-state index contributed by atoms with van der Waals surface area (Å²) in [6, 6.07) is 0. The van der Waals surface area contributed by atoms with Gasteiger partial charge in [0.05, 0.1) is 5.60 Å². The van der Waals surface area contributed by atoms with Gasteiger partial charge in [-0.15, -0.1) is 0 Å². The predicted molar refractivity (Wildman–Crippen MR) is 66.5 cm³/mol. The molecule has 2 fully saturated rings. The van der Waals surface area contributed by atoms with Crippen LogP contribution in [0.15, 0.2) is 0 Å². The van der Waals surface area contributed by atoms with Gasteiger partial charge in [-0.2, -0.15) is 0 Å². The summed E-state index contributed by atoms with van der Waals surface area (Å²) in [5.74, 6) is 0.883. The zero-order chi connectivity index (χ0) is 11.4. The zero-order valence-electron chi connectivity index (χ0n) is 10.5. The van der Waals surface area contributed by atoms with Crippen LogP contribution in [0, 0.1) is 5.92 Å². The molecule has 2 aliphatic heterocycles. The maximum absolute atomic E-state index is 10.2. The standard InChI is InChI=1S/C13H26N2O/c1-2-13(16)5-9-15(10-6-13)11-12-3-7-14-8-4-12/h12,14,16H,2-11H2,1H3. The molecule has 3 nitrogen and oxygen atoms in total. The molecule has 0 unspecified atom stereocenters. The molecule has 2 N–H and O–H groups in total. The van der Waals surface area contributed by atoms with Gasteiger partial charge in [0.2, 0.25) is 0 Å². The number of likely N-dealkylation sites (tertiary alicyclic amines) is 1. The molecule has 0 aromatic carbocycles. The molecule has 0 amide bonds. The molecule has 0 spiro atoms. The van der Waals surface area contributed by atoms with Crippen molar-refractivity contribution in [2.45, 2.75) is 44.6 Å². The van der Waals surface area contributed by atoms with E-state index in [1.807, 2.05) is 0 Å². The highest BCUT2D eigenvalue weighted by Crippen LogP contribution is 2.26. The summed E-state index contributed by atoms with van der Waals surface area (Å²) >= 11 is 0. The van der Waals surface area contributed by atoms with Crippen LogP contribution in [-0.2, 0) is 0 Å².